The van der Waals surface area contributed by atoms with Crippen LogP contribution in [0.2, 0.25) is 0 Å². The third-order valence-corrected chi connectivity index (χ3v) is 7.51. The molecule has 0 radical (unpaired) electrons. The van der Waals surface area contributed by atoms with E-state index in [2.05, 4.69) is 24.1 Å². The Morgan fingerprint density at radius 1 is 1.14 bits per heavy atom. The molecule has 3 aliphatic rings. The molecule has 1 aromatic rings. The molecular formula is C23H34N4O2. The molecule has 2 amide bonds. The van der Waals surface area contributed by atoms with Gasteiger partial charge in [0.15, 0.2) is 0 Å². The summed E-state index contributed by atoms with van der Waals surface area (Å²) in [7, 11) is 0. The van der Waals surface area contributed by atoms with Crippen molar-refractivity contribution in [2.45, 2.75) is 71.1 Å². The van der Waals surface area contributed by atoms with Gasteiger partial charge in [-0.1, -0.05) is 26.0 Å². The first-order chi connectivity index (χ1) is 13.9. The zero-order valence-electron chi connectivity index (χ0n) is 18.1. The van der Waals surface area contributed by atoms with Crippen LogP contribution in [0.1, 0.15) is 53.4 Å². The molecule has 4 rings (SSSR count). The van der Waals surface area contributed by atoms with Gasteiger partial charge < -0.3 is 15.1 Å². The van der Waals surface area contributed by atoms with Crippen molar-refractivity contribution in [3.8, 4) is 0 Å². The summed E-state index contributed by atoms with van der Waals surface area (Å²) in [5.74, 6) is 0.233. The van der Waals surface area contributed by atoms with Gasteiger partial charge in [-0.2, -0.15) is 0 Å². The molecule has 0 bridgehead atoms. The van der Waals surface area contributed by atoms with E-state index in [-0.39, 0.29) is 29.3 Å². The van der Waals surface area contributed by atoms with E-state index in [9.17, 15) is 9.59 Å². The number of fused-ring (bicyclic) bond motifs is 2. The summed E-state index contributed by atoms with van der Waals surface area (Å²) in [4.78, 5) is 32.7. The molecule has 2 unspecified atom stereocenters. The molecule has 6 nitrogen and oxygen atoms in total. The van der Waals surface area contributed by atoms with Crippen LogP contribution in [0, 0.1) is 5.92 Å². The van der Waals surface area contributed by atoms with Gasteiger partial charge in [-0.3, -0.25) is 14.5 Å². The maximum Gasteiger partial charge on any atom is 0.232 e. The molecular weight excluding hydrogens is 364 g/mol. The van der Waals surface area contributed by atoms with Crippen LogP contribution in [-0.2, 0) is 9.59 Å². The molecule has 0 aromatic heterocycles. The number of rotatable bonds is 3. The van der Waals surface area contributed by atoms with Crippen molar-refractivity contribution in [1.29, 1.82) is 0 Å². The van der Waals surface area contributed by atoms with Crippen LogP contribution >= 0.6 is 0 Å². The Kier molecular flexibility index (Phi) is 5.42. The Balaban J connectivity index is 1.72. The summed E-state index contributed by atoms with van der Waals surface area (Å²) in [6.07, 6.45) is 4.28. The van der Waals surface area contributed by atoms with Gasteiger partial charge in [-0.25, -0.2) is 0 Å². The van der Waals surface area contributed by atoms with Crippen LogP contribution in [0.5, 0.6) is 0 Å². The second kappa shape index (κ2) is 7.73. The normalized spacial score (nSPS) is 28.8. The Bertz CT molecular complexity index is 791. The van der Waals surface area contributed by atoms with Crippen molar-refractivity contribution in [3.63, 3.8) is 0 Å². The van der Waals surface area contributed by atoms with Crippen LogP contribution < -0.4 is 15.1 Å². The fourth-order valence-corrected chi connectivity index (χ4v) is 6.16. The number of nitrogens with one attached hydrogen (secondary N) is 1. The standard InChI is InChI=1S/C23H34N4O2/c1-5-23(6-2)18(11-12-21-24-13-14-26(21)23)22(29)25-15-16(3)27(17(4)28)20-10-8-7-9-19(20)25/h7-10,16,18,21,24H,5-6,11-15H2,1-4H3/t16-,18?,21?/m0/s1. The minimum Gasteiger partial charge on any atom is -0.308 e. The average molecular weight is 399 g/mol. The van der Waals surface area contributed by atoms with Gasteiger partial charge in [0.2, 0.25) is 11.8 Å². The van der Waals surface area contributed by atoms with Gasteiger partial charge in [0.25, 0.3) is 0 Å². The smallest absolute Gasteiger partial charge is 0.232 e. The maximum atomic E-state index is 14.0. The van der Waals surface area contributed by atoms with Crippen molar-refractivity contribution in [3.05, 3.63) is 24.3 Å². The van der Waals surface area contributed by atoms with Gasteiger partial charge in [-0.15, -0.1) is 0 Å². The van der Waals surface area contributed by atoms with Crippen LogP contribution in [0.4, 0.5) is 11.4 Å². The highest BCUT2D eigenvalue weighted by Gasteiger charge is 2.53. The molecule has 0 saturated carbocycles. The van der Waals surface area contributed by atoms with Crippen molar-refractivity contribution < 1.29 is 9.59 Å². The molecule has 3 heterocycles. The van der Waals surface area contributed by atoms with Crippen LogP contribution in [0.15, 0.2) is 24.3 Å². The van der Waals surface area contributed by atoms with Gasteiger partial charge in [0.05, 0.1) is 29.5 Å². The Morgan fingerprint density at radius 3 is 2.48 bits per heavy atom. The lowest BCUT2D eigenvalue weighted by atomic mass is 9.71. The topological polar surface area (TPSA) is 55.9 Å². The van der Waals surface area contributed by atoms with E-state index in [1.807, 2.05) is 41.0 Å². The van der Waals surface area contributed by atoms with Crippen molar-refractivity contribution in [2.75, 3.05) is 29.4 Å². The summed E-state index contributed by atoms with van der Waals surface area (Å²) in [6, 6.07) is 7.81. The predicted octanol–water partition coefficient (Wildman–Crippen LogP) is 2.97. The van der Waals surface area contributed by atoms with Crippen molar-refractivity contribution in [2.24, 2.45) is 5.92 Å². The third-order valence-electron chi connectivity index (χ3n) is 7.51. The van der Waals surface area contributed by atoms with Crippen LogP contribution in [0.25, 0.3) is 0 Å². The number of carbonyl (C=O) groups is 2. The minimum absolute atomic E-state index is 0.0159. The van der Waals surface area contributed by atoms with E-state index in [4.69, 9.17) is 0 Å². The summed E-state index contributed by atoms with van der Waals surface area (Å²) in [5.41, 5.74) is 1.62. The van der Waals surface area contributed by atoms with Gasteiger partial charge >= 0.3 is 0 Å². The Morgan fingerprint density at radius 2 is 1.83 bits per heavy atom. The second-order valence-electron chi connectivity index (χ2n) is 8.78. The summed E-state index contributed by atoms with van der Waals surface area (Å²) >= 11 is 0. The highest BCUT2D eigenvalue weighted by Crippen LogP contribution is 2.45. The predicted molar refractivity (Wildman–Crippen MR) is 116 cm³/mol. The highest BCUT2D eigenvalue weighted by atomic mass is 16.2. The lowest BCUT2D eigenvalue weighted by molar-refractivity contribution is -0.134. The zero-order chi connectivity index (χ0) is 20.8. The lowest BCUT2D eigenvalue weighted by Crippen LogP contribution is -2.64. The number of anilines is 2. The summed E-state index contributed by atoms with van der Waals surface area (Å²) in [6.45, 7) is 10.7. The number of carbonyl (C=O) groups excluding carboxylic acids is 2. The van der Waals surface area contributed by atoms with Crippen LogP contribution in [0.3, 0.4) is 0 Å². The number of hydrogen-bond acceptors (Lipinski definition) is 4. The fourth-order valence-electron chi connectivity index (χ4n) is 6.16. The second-order valence-corrected chi connectivity index (χ2v) is 8.78. The molecule has 6 heteroatoms. The molecule has 29 heavy (non-hydrogen) atoms. The molecule has 1 aromatic carbocycles. The number of piperidine rings is 1. The quantitative estimate of drug-likeness (QED) is 0.851. The molecule has 1 N–H and O–H groups in total. The van der Waals surface area contributed by atoms with E-state index in [0.29, 0.717) is 12.7 Å². The first-order valence-corrected chi connectivity index (χ1v) is 11.1. The van der Waals surface area contributed by atoms with Crippen molar-refractivity contribution >= 4 is 23.2 Å². The van der Waals surface area contributed by atoms with Gasteiger partial charge in [-0.05, 0) is 44.7 Å². The lowest BCUT2D eigenvalue weighted by Gasteiger charge is -2.53. The molecule has 2 fully saturated rings. The molecule has 0 aliphatic carbocycles. The Hall–Kier alpha value is -1.92. The molecule has 3 atom stereocenters. The molecule has 0 spiro atoms. The number of benzene rings is 1. The SMILES string of the molecule is CCC1(CC)C(C(=O)N2C[C@H](C)N(C(C)=O)c3ccccc32)CCC2NCCN21. The van der Waals surface area contributed by atoms with Crippen LogP contribution in [-0.4, -0.2) is 54.1 Å². The average Bonchev–Trinajstić information content (AvgIpc) is 3.21. The minimum atomic E-state index is -0.0978. The van der Waals surface area contributed by atoms with E-state index >= 15 is 0 Å². The van der Waals surface area contributed by atoms with Gasteiger partial charge in [0, 0.05) is 32.1 Å². The fraction of sp³-hybridized carbons (Fsp3) is 0.652. The monoisotopic (exact) mass is 398 g/mol. The largest absolute Gasteiger partial charge is 0.308 e. The van der Waals surface area contributed by atoms with E-state index < -0.39 is 0 Å². The molecule has 3 aliphatic heterocycles. The summed E-state index contributed by atoms with van der Waals surface area (Å²) < 4.78 is 0. The molecule has 2 saturated heterocycles. The Labute approximate surface area is 174 Å². The van der Waals surface area contributed by atoms with Gasteiger partial charge in [0.1, 0.15) is 0 Å². The zero-order valence-corrected chi connectivity index (χ0v) is 18.1. The van der Waals surface area contributed by atoms with E-state index in [1.165, 1.54) is 0 Å². The number of nitrogens with zero attached hydrogens (tertiary/aromatic N) is 3. The number of para-hydroxylation sites is 2. The van der Waals surface area contributed by atoms with E-state index in [0.717, 1.165) is 50.1 Å². The third kappa shape index (κ3) is 3.08. The number of hydrogen-bond donors (Lipinski definition) is 1. The first-order valence-electron chi connectivity index (χ1n) is 11.1. The van der Waals surface area contributed by atoms with E-state index in [1.54, 1.807) is 6.92 Å². The summed E-state index contributed by atoms with van der Waals surface area (Å²) in [5, 5.41) is 3.62. The maximum absolute atomic E-state index is 14.0. The molecule has 158 valence electrons. The highest BCUT2D eigenvalue weighted by molar-refractivity contribution is 6.05. The van der Waals surface area contributed by atoms with Crippen molar-refractivity contribution in [1.82, 2.24) is 10.2 Å². The number of amides is 2. The first kappa shape index (κ1) is 20.4.